The van der Waals surface area contributed by atoms with Crippen molar-refractivity contribution in [3.8, 4) is 11.1 Å². The van der Waals surface area contributed by atoms with Gasteiger partial charge in [0.2, 0.25) is 0 Å². The molecule has 0 aliphatic heterocycles. The van der Waals surface area contributed by atoms with Crippen LogP contribution in [0.5, 0.6) is 0 Å². The van der Waals surface area contributed by atoms with E-state index in [1.807, 2.05) is 54.6 Å². The maximum Gasteiger partial charge on any atom is 0.335 e. The van der Waals surface area contributed by atoms with Crippen LogP contribution in [0.2, 0.25) is 0 Å². The lowest BCUT2D eigenvalue weighted by Crippen LogP contribution is -2.00. The van der Waals surface area contributed by atoms with Crippen LogP contribution in [0, 0.1) is 10.9 Å². The number of nitrogens with one attached hydrogen (secondary N) is 2. The Balaban J connectivity index is 1.51. The second kappa shape index (κ2) is 8.16. The van der Waals surface area contributed by atoms with Crippen molar-refractivity contribution in [2.75, 3.05) is 0 Å². The highest BCUT2D eigenvalue weighted by Gasteiger charge is 2.13. The van der Waals surface area contributed by atoms with Gasteiger partial charge in [-0.05, 0) is 53.1 Å². The smallest absolute Gasteiger partial charge is 0.335 e. The van der Waals surface area contributed by atoms with E-state index < -0.39 is 5.97 Å². The molecule has 33 heavy (non-hydrogen) atoms. The summed E-state index contributed by atoms with van der Waals surface area (Å²) in [4.78, 5) is 11.1. The molecule has 6 nitrogen and oxygen atoms in total. The number of carbonyl (C=O) groups is 1. The van der Waals surface area contributed by atoms with E-state index in [1.54, 1.807) is 12.1 Å². The maximum absolute atomic E-state index is 11.1. The number of rotatable bonds is 5. The van der Waals surface area contributed by atoms with E-state index in [9.17, 15) is 4.79 Å². The lowest BCUT2D eigenvalue weighted by Gasteiger charge is -2.09. The van der Waals surface area contributed by atoms with Gasteiger partial charge in [0.15, 0.2) is 5.84 Å². The van der Waals surface area contributed by atoms with Gasteiger partial charge in [0.1, 0.15) is 0 Å². The van der Waals surface area contributed by atoms with Gasteiger partial charge in [-0.2, -0.15) is 0 Å². The van der Waals surface area contributed by atoms with Crippen molar-refractivity contribution in [3.05, 3.63) is 108 Å². The van der Waals surface area contributed by atoms with E-state index in [0.29, 0.717) is 12.1 Å². The minimum absolute atomic E-state index is 0.0549. The monoisotopic (exact) mass is 432 g/mol. The van der Waals surface area contributed by atoms with Crippen molar-refractivity contribution in [2.45, 2.75) is 6.54 Å². The molecule has 0 bridgehead atoms. The summed E-state index contributed by atoms with van der Waals surface area (Å²) in [5, 5.41) is 22.4. The molecule has 0 amide bonds. The quantitative estimate of drug-likeness (QED) is 0.166. The SMILES string of the molecule is N=NC(=N)c1ccc2c(c1)c1ccccc1n2Cc1ccc(-c2ccc(C(=O)O)cc2)cc1. The Morgan fingerprint density at radius 2 is 1.39 bits per heavy atom. The van der Waals surface area contributed by atoms with Crippen molar-refractivity contribution in [3.63, 3.8) is 0 Å². The average molecular weight is 432 g/mol. The normalized spacial score (nSPS) is 11.0. The Morgan fingerprint density at radius 1 is 0.788 bits per heavy atom. The maximum atomic E-state index is 11.1. The molecule has 4 aromatic carbocycles. The highest BCUT2D eigenvalue weighted by molar-refractivity contribution is 6.11. The second-order valence-electron chi connectivity index (χ2n) is 7.88. The molecule has 0 unspecified atom stereocenters. The highest BCUT2D eigenvalue weighted by atomic mass is 16.4. The first-order valence-electron chi connectivity index (χ1n) is 10.5. The fourth-order valence-corrected chi connectivity index (χ4v) is 4.23. The Bertz CT molecular complexity index is 1530. The molecule has 0 spiro atoms. The average Bonchev–Trinajstić information content (AvgIpc) is 3.17. The number of carboxylic acids is 1. The van der Waals surface area contributed by atoms with Crippen LogP contribution in [-0.4, -0.2) is 21.5 Å². The Kier molecular flexibility index (Phi) is 5.03. The molecule has 1 aromatic heterocycles. The summed E-state index contributed by atoms with van der Waals surface area (Å²) in [6.45, 7) is 0.682. The van der Waals surface area contributed by atoms with Crippen molar-refractivity contribution in [2.24, 2.45) is 5.11 Å². The molecule has 0 aliphatic rings. The number of hydrogen-bond donors (Lipinski definition) is 3. The first-order chi connectivity index (χ1) is 16.0. The number of carboxylic acid groups (broad SMARTS) is 1. The van der Waals surface area contributed by atoms with E-state index in [2.05, 4.69) is 33.9 Å². The van der Waals surface area contributed by atoms with Crippen LogP contribution >= 0.6 is 0 Å². The van der Waals surface area contributed by atoms with Crippen LogP contribution in [0.25, 0.3) is 32.9 Å². The summed E-state index contributed by atoms with van der Waals surface area (Å²) >= 11 is 0. The van der Waals surface area contributed by atoms with Crippen molar-refractivity contribution in [1.82, 2.24) is 4.57 Å². The molecule has 0 atom stereocenters. The number of aromatic nitrogens is 1. The lowest BCUT2D eigenvalue weighted by molar-refractivity contribution is 0.0697. The Hall–Kier alpha value is -4.58. The second-order valence-corrected chi connectivity index (χ2v) is 7.88. The molecule has 6 heteroatoms. The molecule has 1 heterocycles. The Morgan fingerprint density at radius 3 is 2.06 bits per heavy atom. The molecule has 5 aromatic rings. The van der Waals surface area contributed by atoms with Crippen LogP contribution in [0.3, 0.4) is 0 Å². The van der Waals surface area contributed by atoms with Crippen molar-refractivity contribution in [1.29, 1.82) is 10.9 Å². The summed E-state index contributed by atoms with van der Waals surface area (Å²) in [5.74, 6) is -0.984. The summed E-state index contributed by atoms with van der Waals surface area (Å²) < 4.78 is 2.26. The van der Waals surface area contributed by atoms with E-state index in [4.69, 9.17) is 16.0 Å². The van der Waals surface area contributed by atoms with E-state index in [-0.39, 0.29) is 11.4 Å². The predicted octanol–water partition coefficient (Wildman–Crippen LogP) is 6.56. The molecule has 0 aliphatic carbocycles. The van der Waals surface area contributed by atoms with Crippen LogP contribution in [0.1, 0.15) is 21.5 Å². The standard InChI is InChI=1S/C27H20N4O2/c28-26(30-29)21-13-14-25-23(15-21)22-3-1-2-4-24(22)31(25)16-17-5-7-18(8-6-17)19-9-11-20(12-10-19)27(32)33/h1-15,28-29H,16H2,(H,32,33). The zero-order valence-corrected chi connectivity index (χ0v) is 17.6. The number of fused-ring (bicyclic) bond motifs is 3. The minimum atomic E-state index is -0.930. The third-order valence-corrected chi connectivity index (χ3v) is 5.92. The third kappa shape index (κ3) is 3.68. The first kappa shape index (κ1) is 20.3. The zero-order valence-electron chi connectivity index (χ0n) is 17.6. The van der Waals surface area contributed by atoms with Crippen LogP contribution in [0.4, 0.5) is 0 Å². The van der Waals surface area contributed by atoms with Gasteiger partial charge in [0.05, 0.1) is 5.56 Å². The van der Waals surface area contributed by atoms with Crippen LogP contribution in [-0.2, 0) is 6.54 Å². The van der Waals surface area contributed by atoms with Gasteiger partial charge in [-0.15, -0.1) is 5.11 Å². The fraction of sp³-hybridized carbons (Fsp3) is 0.0370. The minimum Gasteiger partial charge on any atom is -0.478 e. The summed E-state index contributed by atoms with van der Waals surface area (Å²) in [6, 6.07) is 29.1. The molecule has 160 valence electrons. The lowest BCUT2D eigenvalue weighted by atomic mass is 10.0. The van der Waals surface area contributed by atoms with Gasteiger partial charge >= 0.3 is 5.97 Å². The molecular formula is C27H20N4O2. The van der Waals surface area contributed by atoms with Gasteiger partial charge < -0.3 is 9.67 Å². The van der Waals surface area contributed by atoms with Gasteiger partial charge in [-0.25, -0.2) is 10.3 Å². The number of benzene rings is 4. The van der Waals surface area contributed by atoms with Crippen LogP contribution in [0.15, 0.2) is 96.1 Å². The third-order valence-electron chi connectivity index (χ3n) is 5.92. The number of aromatic carboxylic acids is 1. The summed E-state index contributed by atoms with van der Waals surface area (Å²) in [7, 11) is 0. The molecule has 0 saturated heterocycles. The Labute approximate surface area is 189 Å². The fourth-order valence-electron chi connectivity index (χ4n) is 4.23. The van der Waals surface area contributed by atoms with Crippen molar-refractivity contribution < 1.29 is 9.90 Å². The number of para-hydroxylation sites is 1. The molecule has 0 saturated carbocycles. The van der Waals surface area contributed by atoms with Crippen molar-refractivity contribution >= 4 is 33.6 Å². The molecular weight excluding hydrogens is 412 g/mol. The molecule has 3 N–H and O–H groups in total. The highest BCUT2D eigenvalue weighted by Crippen LogP contribution is 2.31. The summed E-state index contributed by atoms with van der Waals surface area (Å²) in [6.07, 6.45) is 0. The topological polar surface area (TPSA) is 102 Å². The number of nitrogens with zero attached hydrogens (tertiary/aromatic N) is 2. The predicted molar refractivity (Wildman–Crippen MR) is 129 cm³/mol. The molecule has 0 radical (unpaired) electrons. The van der Waals surface area contributed by atoms with Gasteiger partial charge in [0, 0.05) is 33.9 Å². The van der Waals surface area contributed by atoms with Gasteiger partial charge in [0.25, 0.3) is 0 Å². The molecule has 0 fully saturated rings. The van der Waals surface area contributed by atoms with Gasteiger partial charge in [-0.1, -0.05) is 54.6 Å². The molecule has 5 rings (SSSR count). The summed E-state index contributed by atoms with van der Waals surface area (Å²) in [5.41, 5.74) is 13.4. The zero-order chi connectivity index (χ0) is 22.9. The number of hydrogen-bond acceptors (Lipinski definition) is 3. The van der Waals surface area contributed by atoms with E-state index in [0.717, 1.165) is 38.5 Å². The van der Waals surface area contributed by atoms with Gasteiger partial charge in [-0.3, -0.25) is 5.41 Å². The van der Waals surface area contributed by atoms with E-state index >= 15 is 0 Å². The first-order valence-corrected chi connectivity index (χ1v) is 10.5. The largest absolute Gasteiger partial charge is 0.478 e. The van der Waals surface area contributed by atoms with E-state index in [1.165, 1.54) is 0 Å². The van der Waals surface area contributed by atoms with Crippen LogP contribution < -0.4 is 0 Å². The number of amidine groups is 1.